The first-order chi connectivity index (χ1) is 29.7. The molecule has 0 fully saturated rings. The molecule has 10 aromatic rings. The lowest BCUT2D eigenvalue weighted by Gasteiger charge is -2.21. The van der Waals surface area contributed by atoms with E-state index in [0.29, 0.717) is 28.6 Å². The van der Waals surface area contributed by atoms with Gasteiger partial charge < -0.3 is 4.57 Å². The second-order valence-corrected chi connectivity index (χ2v) is 15.3. The molecule has 0 atom stereocenters. The Bertz CT molecular complexity index is 3150. The van der Waals surface area contributed by atoms with Gasteiger partial charge in [-0.2, -0.15) is 13.2 Å². The number of hydrogen-bond donors (Lipinski definition) is 0. The van der Waals surface area contributed by atoms with Gasteiger partial charge in [0.2, 0.25) is 0 Å². The highest BCUT2D eigenvalue weighted by atomic mass is 19.4. The number of para-hydroxylation sites is 1. The fourth-order valence-corrected chi connectivity index (χ4v) is 8.09. The summed E-state index contributed by atoms with van der Waals surface area (Å²) in [5, 5.41) is 2.12. The summed E-state index contributed by atoms with van der Waals surface area (Å²) in [6.07, 6.45) is -4.50. The van der Waals surface area contributed by atoms with Crippen LogP contribution in [0.4, 0.5) is 13.2 Å². The lowest BCUT2D eigenvalue weighted by molar-refractivity contribution is -0.137. The molecule has 0 aliphatic heterocycles. The summed E-state index contributed by atoms with van der Waals surface area (Å²) in [6.45, 7) is 4.13. The lowest BCUT2D eigenvalue weighted by Crippen LogP contribution is -2.05. The number of nitrogens with zero attached hydrogens (tertiary/aromatic N) is 4. The van der Waals surface area contributed by atoms with E-state index < -0.39 is 11.7 Å². The first kappa shape index (κ1) is 37.6. The molecule has 10 rings (SSSR count). The number of benzene rings is 8. The third-order valence-electron chi connectivity index (χ3n) is 11.2. The fraction of sp³-hybridized carbons (Fsp3) is 0.0556. The van der Waals surface area contributed by atoms with Crippen LogP contribution >= 0.6 is 0 Å². The number of hydrogen-bond acceptors (Lipinski definition) is 3. The molecule has 2 heterocycles. The van der Waals surface area contributed by atoms with E-state index >= 15 is 0 Å². The fourth-order valence-electron chi connectivity index (χ4n) is 8.09. The molecule has 0 spiro atoms. The molecule has 0 unspecified atom stereocenters. The van der Waals surface area contributed by atoms with Gasteiger partial charge in [0.1, 0.15) is 0 Å². The lowest BCUT2D eigenvalue weighted by atomic mass is 9.91. The summed E-state index contributed by atoms with van der Waals surface area (Å²) >= 11 is 0. The Morgan fingerprint density at radius 2 is 0.820 bits per heavy atom. The van der Waals surface area contributed by atoms with Gasteiger partial charge in [-0.05, 0) is 78.6 Å². The highest BCUT2D eigenvalue weighted by Gasteiger charge is 2.30. The SMILES string of the molecule is Cc1ccc(-c2ccc3c(c2)c2ccccc2n3-c2c(-c3ccc(C)cc3)cc(-c3nc(-c4ccccc4)nc(-c4ccccc4)n3)cc2-c2ccc(C(F)(F)F)cc2)cc1. The van der Waals surface area contributed by atoms with Crippen molar-refractivity contribution in [3.8, 4) is 73.2 Å². The molecule has 0 radical (unpaired) electrons. The van der Waals surface area contributed by atoms with Crippen molar-refractivity contribution in [1.82, 2.24) is 19.5 Å². The molecular weight excluding hydrogens is 762 g/mol. The number of alkyl halides is 3. The maximum Gasteiger partial charge on any atom is 0.416 e. The number of halogens is 3. The van der Waals surface area contributed by atoms with Crippen molar-refractivity contribution in [2.45, 2.75) is 20.0 Å². The largest absolute Gasteiger partial charge is 0.416 e. The van der Waals surface area contributed by atoms with Crippen molar-refractivity contribution in [3.05, 3.63) is 205 Å². The van der Waals surface area contributed by atoms with Gasteiger partial charge >= 0.3 is 6.18 Å². The van der Waals surface area contributed by atoms with Gasteiger partial charge in [0.05, 0.1) is 22.3 Å². The van der Waals surface area contributed by atoms with Crippen LogP contribution in [0.2, 0.25) is 0 Å². The van der Waals surface area contributed by atoms with Gasteiger partial charge in [0, 0.05) is 38.6 Å². The quantitative estimate of drug-likeness (QED) is 0.161. The summed E-state index contributed by atoms with van der Waals surface area (Å²) in [7, 11) is 0. The normalized spacial score (nSPS) is 11.7. The second kappa shape index (κ2) is 15.2. The van der Waals surface area contributed by atoms with Crippen molar-refractivity contribution in [1.29, 1.82) is 0 Å². The zero-order valence-corrected chi connectivity index (χ0v) is 33.3. The predicted octanol–water partition coefficient (Wildman–Crippen LogP) is 14.6. The van der Waals surface area contributed by atoms with Crippen LogP contribution in [0.5, 0.6) is 0 Å². The molecule has 0 saturated heterocycles. The van der Waals surface area contributed by atoms with E-state index in [-0.39, 0.29) is 0 Å². The average molecular weight is 799 g/mol. The summed E-state index contributed by atoms with van der Waals surface area (Å²) in [6, 6.07) is 60.8. The van der Waals surface area contributed by atoms with Crippen molar-refractivity contribution < 1.29 is 13.2 Å². The van der Waals surface area contributed by atoms with Crippen LogP contribution in [0.3, 0.4) is 0 Å². The minimum Gasteiger partial charge on any atom is -0.308 e. The molecule has 0 aliphatic rings. The van der Waals surface area contributed by atoms with E-state index in [1.54, 1.807) is 12.1 Å². The van der Waals surface area contributed by atoms with Crippen molar-refractivity contribution in [3.63, 3.8) is 0 Å². The predicted molar refractivity (Wildman–Crippen MR) is 241 cm³/mol. The van der Waals surface area contributed by atoms with Crippen LogP contribution in [0, 0.1) is 13.8 Å². The maximum atomic E-state index is 14.1. The summed E-state index contributed by atoms with van der Waals surface area (Å²) in [4.78, 5) is 15.1. The summed E-state index contributed by atoms with van der Waals surface area (Å²) in [5.41, 5.74) is 12.0. The molecule has 7 heteroatoms. The number of aromatic nitrogens is 4. The van der Waals surface area contributed by atoms with Crippen molar-refractivity contribution >= 4 is 21.8 Å². The molecule has 0 aliphatic carbocycles. The summed E-state index contributed by atoms with van der Waals surface area (Å²) < 4.78 is 44.5. The van der Waals surface area contributed by atoms with Gasteiger partial charge in [0.25, 0.3) is 0 Å². The molecule has 0 N–H and O–H groups in total. The van der Waals surface area contributed by atoms with Crippen molar-refractivity contribution in [2.75, 3.05) is 0 Å². The second-order valence-electron chi connectivity index (χ2n) is 15.3. The molecule has 294 valence electrons. The zero-order valence-electron chi connectivity index (χ0n) is 33.3. The highest BCUT2D eigenvalue weighted by Crippen LogP contribution is 2.45. The van der Waals surface area contributed by atoms with Crippen LogP contribution in [-0.4, -0.2) is 19.5 Å². The van der Waals surface area contributed by atoms with E-state index in [1.165, 1.54) is 5.56 Å². The number of aryl methyl sites for hydroxylation is 2. The molecule has 8 aromatic carbocycles. The molecule has 0 saturated carbocycles. The van der Waals surface area contributed by atoms with Crippen molar-refractivity contribution in [2.24, 2.45) is 0 Å². The standard InChI is InChI=1S/C54H37F3N4/c1-34-17-21-36(22-18-34)41-27-30-49-47(31-41)44-15-9-10-16-48(44)61(49)50-45(37-23-19-35(2)20-24-37)32-42(33-46(50)38-25-28-43(29-26-38)54(55,56)57)53-59-51(39-11-5-3-6-12-39)58-52(60-53)40-13-7-4-8-14-40/h3-33H,1-2H3. The van der Waals surface area contributed by atoms with Crippen LogP contribution in [0.25, 0.3) is 95.0 Å². The Labute approximate surface area is 351 Å². The first-order valence-electron chi connectivity index (χ1n) is 20.1. The third kappa shape index (κ3) is 7.14. The van der Waals surface area contributed by atoms with E-state index in [2.05, 4.69) is 96.4 Å². The maximum absolute atomic E-state index is 14.1. The first-order valence-corrected chi connectivity index (χ1v) is 20.1. The molecule has 0 bridgehead atoms. The van der Waals surface area contributed by atoms with Crippen LogP contribution in [0.15, 0.2) is 188 Å². The molecule has 2 aromatic heterocycles. The van der Waals surface area contributed by atoms with Gasteiger partial charge in [0.15, 0.2) is 17.5 Å². The van der Waals surface area contributed by atoms with Gasteiger partial charge in [-0.25, -0.2) is 15.0 Å². The van der Waals surface area contributed by atoms with Crippen LogP contribution in [0.1, 0.15) is 16.7 Å². The molecule has 61 heavy (non-hydrogen) atoms. The van der Waals surface area contributed by atoms with E-state index in [4.69, 9.17) is 15.0 Å². The Morgan fingerprint density at radius 3 is 1.36 bits per heavy atom. The zero-order chi connectivity index (χ0) is 41.7. The van der Waals surface area contributed by atoms with E-state index in [1.807, 2.05) is 85.8 Å². The average Bonchev–Trinajstić information content (AvgIpc) is 3.62. The van der Waals surface area contributed by atoms with E-state index in [0.717, 1.165) is 84.1 Å². The topological polar surface area (TPSA) is 43.6 Å². The number of rotatable bonds is 7. The number of fused-ring (bicyclic) bond motifs is 3. The Kier molecular flexibility index (Phi) is 9.37. The Morgan fingerprint density at radius 1 is 0.377 bits per heavy atom. The van der Waals surface area contributed by atoms with Gasteiger partial charge in [-0.3, -0.25) is 0 Å². The molecule has 0 amide bonds. The van der Waals surface area contributed by atoms with Gasteiger partial charge in [-0.1, -0.05) is 157 Å². The minimum absolute atomic E-state index is 0.436. The third-order valence-corrected chi connectivity index (χ3v) is 11.2. The van der Waals surface area contributed by atoms with E-state index in [9.17, 15) is 13.2 Å². The monoisotopic (exact) mass is 798 g/mol. The van der Waals surface area contributed by atoms with Gasteiger partial charge in [-0.15, -0.1) is 0 Å². The minimum atomic E-state index is -4.50. The molecule has 4 nitrogen and oxygen atoms in total. The van der Waals surface area contributed by atoms with Crippen LogP contribution < -0.4 is 0 Å². The highest BCUT2D eigenvalue weighted by molar-refractivity contribution is 6.12. The smallest absolute Gasteiger partial charge is 0.308 e. The Balaban J connectivity index is 1.31. The Hall–Kier alpha value is -7.64. The van der Waals surface area contributed by atoms with Crippen LogP contribution in [-0.2, 0) is 6.18 Å². The summed E-state index contributed by atoms with van der Waals surface area (Å²) in [5.74, 6) is 1.45. The molecular formula is C54H37F3N4.